The highest BCUT2D eigenvalue weighted by molar-refractivity contribution is 7.13. The molecular weight excluding hydrogens is 222 g/mol. The summed E-state index contributed by atoms with van der Waals surface area (Å²) in [5, 5.41) is 13.0. The van der Waals surface area contributed by atoms with Crippen molar-refractivity contribution in [2.45, 2.75) is 39.8 Å². The fourth-order valence-corrected chi connectivity index (χ4v) is 1.56. The fourth-order valence-electron chi connectivity index (χ4n) is 0.924. The van der Waals surface area contributed by atoms with Crippen LogP contribution in [-0.4, -0.2) is 22.3 Å². The van der Waals surface area contributed by atoms with E-state index in [4.69, 9.17) is 4.74 Å². The highest BCUT2D eigenvalue weighted by atomic mass is 32.1. The summed E-state index contributed by atoms with van der Waals surface area (Å²) in [6, 6.07) is 0. The van der Waals surface area contributed by atoms with E-state index in [0.29, 0.717) is 11.8 Å². The second-order valence-corrected chi connectivity index (χ2v) is 5.47. The van der Waals surface area contributed by atoms with Gasteiger partial charge in [-0.1, -0.05) is 28.6 Å². The Labute approximate surface area is 101 Å². The summed E-state index contributed by atoms with van der Waals surface area (Å²) in [4.78, 5) is 0. The first kappa shape index (κ1) is 13.1. The minimum Gasteiger partial charge on any atom is -0.465 e. The second kappa shape index (κ2) is 5.96. The molecule has 0 aromatic carbocycles. The number of aromatic nitrogens is 2. The van der Waals surface area contributed by atoms with Gasteiger partial charge in [0.15, 0.2) is 0 Å². The Morgan fingerprint density at radius 1 is 1.38 bits per heavy atom. The third-order valence-corrected chi connectivity index (χ3v) is 2.59. The summed E-state index contributed by atoms with van der Waals surface area (Å²) < 4.78 is 5.39. The predicted octanol–water partition coefficient (Wildman–Crippen LogP) is 2.38. The second-order valence-electron chi connectivity index (χ2n) is 4.45. The maximum atomic E-state index is 5.39. The predicted molar refractivity (Wildman–Crippen MR) is 66.8 cm³/mol. The maximum Gasteiger partial charge on any atom is 0.294 e. The molecule has 16 heavy (non-hydrogen) atoms. The minimum atomic E-state index is 0.0949. The van der Waals surface area contributed by atoms with E-state index in [9.17, 15) is 0 Å². The first-order chi connectivity index (χ1) is 7.51. The molecule has 1 heterocycles. The highest BCUT2D eigenvalue weighted by Crippen LogP contribution is 2.18. The van der Waals surface area contributed by atoms with Crippen molar-refractivity contribution < 1.29 is 4.74 Å². The number of nitrogens with one attached hydrogen (secondary N) is 1. The van der Waals surface area contributed by atoms with Gasteiger partial charge in [-0.2, -0.15) is 0 Å². The van der Waals surface area contributed by atoms with Crippen molar-refractivity contribution in [1.82, 2.24) is 15.5 Å². The molecule has 0 aliphatic carbocycles. The number of ether oxygens (including phenoxy) is 1. The lowest BCUT2D eigenvalue weighted by atomic mass is 10.1. The quantitative estimate of drug-likeness (QED) is 0.804. The van der Waals surface area contributed by atoms with Crippen LogP contribution in [0.15, 0.2) is 12.2 Å². The van der Waals surface area contributed by atoms with Gasteiger partial charge in [-0.25, -0.2) is 0 Å². The van der Waals surface area contributed by atoms with Gasteiger partial charge in [0.1, 0.15) is 11.6 Å². The van der Waals surface area contributed by atoms with E-state index in [0.717, 1.165) is 11.6 Å². The van der Waals surface area contributed by atoms with E-state index >= 15 is 0 Å². The van der Waals surface area contributed by atoms with Crippen molar-refractivity contribution in [3.8, 4) is 5.19 Å². The number of nitrogens with zero attached hydrogens (tertiary/aromatic N) is 2. The third kappa shape index (κ3) is 5.23. The molecule has 1 aromatic heterocycles. The van der Waals surface area contributed by atoms with Crippen LogP contribution in [0.25, 0.3) is 0 Å². The van der Waals surface area contributed by atoms with Gasteiger partial charge in [0, 0.05) is 5.54 Å². The Balaban J connectivity index is 2.39. The number of rotatable bonds is 5. The molecule has 0 aliphatic heterocycles. The fraction of sp³-hybridized carbons (Fsp3) is 0.636. The molecule has 0 atom stereocenters. The number of hydrogen-bond acceptors (Lipinski definition) is 5. The first-order valence-electron chi connectivity index (χ1n) is 5.32. The lowest BCUT2D eigenvalue weighted by Gasteiger charge is -2.19. The van der Waals surface area contributed by atoms with Crippen LogP contribution in [0, 0.1) is 0 Å². The molecule has 4 nitrogen and oxygen atoms in total. The zero-order chi connectivity index (χ0) is 12.0. The normalized spacial score (nSPS) is 12.2. The molecule has 0 aliphatic rings. The summed E-state index contributed by atoms with van der Waals surface area (Å²) in [6.45, 7) is 9.61. The van der Waals surface area contributed by atoms with Crippen molar-refractivity contribution >= 4 is 11.3 Å². The number of hydrogen-bond donors (Lipinski definition) is 1. The van der Waals surface area contributed by atoms with E-state index in [1.807, 2.05) is 19.1 Å². The van der Waals surface area contributed by atoms with E-state index in [1.165, 1.54) is 11.3 Å². The van der Waals surface area contributed by atoms with Gasteiger partial charge in [-0.15, -0.1) is 5.10 Å². The van der Waals surface area contributed by atoms with Gasteiger partial charge in [0.05, 0.1) is 6.54 Å². The molecule has 0 spiro atoms. The van der Waals surface area contributed by atoms with Crippen LogP contribution in [0.2, 0.25) is 0 Å². The van der Waals surface area contributed by atoms with Gasteiger partial charge in [0.25, 0.3) is 5.19 Å². The smallest absolute Gasteiger partial charge is 0.294 e. The van der Waals surface area contributed by atoms with Crippen molar-refractivity contribution in [2.24, 2.45) is 0 Å². The van der Waals surface area contributed by atoms with Crippen molar-refractivity contribution in [3.63, 3.8) is 0 Å². The zero-order valence-electron chi connectivity index (χ0n) is 10.3. The molecule has 1 N–H and O–H groups in total. The van der Waals surface area contributed by atoms with Gasteiger partial charge in [-0.05, 0) is 27.7 Å². The van der Waals surface area contributed by atoms with Gasteiger partial charge < -0.3 is 10.1 Å². The Hall–Kier alpha value is -0.940. The van der Waals surface area contributed by atoms with Crippen LogP contribution in [0.1, 0.15) is 32.7 Å². The van der Waals surface area contributed by atoms with E-state index in [1.54, 1.807) is 0 Å². The zero-order valence-corrected chi connectivity index (χ0v) is 11.1. The number of allylic oxidation sites excluding steroid dienone is 1. The molecule has 5 heteroatoms. The van der Waals surface area contributed by atoms with Crippen LogP contribution >= 0.6 is 11.3 Å². The molecule has 0 bridgehead atoms. The lowest BCUT2D eigenvalue weighted by molar-refractivity contribution is 0.357. The largest absolute Gasteiger partial charge is 0.465 e. The van der Waals surface area contributed by atoms with Gasteiger partial charge in [-0.3, -0.25) is 0 Å². The average molecular weight is 241 g/mol. The first-order valence-corrected chi connectivity index (χ1v) is 6.14. The van der Waals surface area contributed by atoms with Crippen LogP contribution in [0.4, 0.5) is 0 Å². The van der Waals surface area contributed by atoms with E-state index in [-0.39, 0.29) is 5.54 Å². The van der Waals surface area contributed by atoms with Crippen LogP contribution < -0.4 is 10.1 Å². The Morgan fingerprint density at radius 3 is 2.75 bits per heavy atom. The Kier molecular flexibility index (Phi) is 4.89. The van der Waals surface area contributed by atoms with Crippen LogP contribution in [0.3, 0.4) is 0 Å². The monoisotopic (exact) mass is 241 g/mol. The molecule has 1 aromatic rings. The summed E-state index contributed by atoms with van der Waals surface area (Å²) in [6.07, 6.45) is 3.89. The molecule has 0 saturated heterocycles. The van der Waals surface area contributed by atoms with Crippen molar-refractivity contribution in [3.05, 3.63) is 17.2 Å². The molecule has 0 radical (unpaired) electrons. The van der Waals surface area contributed by atoms with E-state index in [2.05, 4.69) is 36.3 Å². The summed E-state index contributed by atoms with van der Waals surface area (Å²) >= 11 is 1.48. The van der Waals surface area contributed by atoms with Crippen LogP contribution in [-0.2, 0) is 6.54 Å². The molecular formula is C11H19N3OS. The van der Waals surface area contributed by atoms with Crippen LogP contribution in [0.5, 0.6) is 5.19 Å². The highest BCUT2D eigenvalue weighted by Gasteiger charge is 2.11. The Bertz CT molecular complexity index is 341. The topological polar surface area (TPSA) is 47.0 Å². The van der Waals surface area contributed by atoms with Crippen molar-refractivity contribution in [1.29, 1.82) is 0 Å². The SMILES string of the molecule is C/C=C/COc1nnc(CNC(C)(C)C)s1. The average Bonchev–Trinajstić information content (AvgIpc) is 2.62. The molecule has 90 valence electrons. The van der Waals surface area contributed by atoms with Crippen molar-refractivity contribution in [2.75, 3.05) is 6.61 Å². The lowest BCUT2D eigenvalue weighted by Crippen LogP contribution is -2.35. The molecule has 0 saturated carbocycles. The summed E-state index contributed by atoms with van der Waals surface area (Å²) in [5.41, 5.74) is 0.0949. The molecule has 1 rings (SSSR count). The maximum absolute atomic E-state index is 5.39. The van der Waals surface area contributed by atoms with Gasteiger partial charge >= 0.3 is 0 Å². The van der Waals surface area contributed by atoms with Gasteiger partial charge in [0.2, 0.25) is 0 Å². The van der Waals surface area contributed by atoms with E-state index < -0.39 is 0 Å². The Morgan fingerprint density at radius 2 is 2.12 bits per heavy atom. The molecule has 0 unspecified atom stereocenters. The molecule has 0 fully saturated rings. The third-order valence-electron chi connectivity index (χ3n) is 1.76. The summed E-state index contributed by atoms with van der Waals surface area (Å²) in [7, 11) is 0. The minimum absolute atomic E-state index is 0.0949. The summed E-state index contributed by atoms with van der Waals surface area (Å²) in [5.74, 6) is 0. The molecule has 0 amide bonds. The standard InChI is InChI=1S/C11H19N3OS/c1-5-6-7-15-10-14-13-9(16-10)8-12-11(2,3)4/h5-6,12H,7-8H2,1-4H3/b6-5+.